The van der Waals surface area contributed by atoms with Crippen molar-refractivity contribution in [2.75, 3.05) is 6.61 Å². The normalized spacial score (nSPS) is 21.3. The highest BCUT2D eigenvalue weighted by atomic mass is 28.4. The number of benzene rings is 1. The lowest BCUT2D eigenvalue weighted by Crippen LogP contribution is -2.48. The highest BCUT2D eigenvalue weighted by Gasteiger charge is 2.46. The molecule has 1 saturated heterocycles. The number of para-hydroxylation sites is 1. The van der Waals surface area contributed by atoms with Crippen molar-refractivity contribution in [2.45, 2.75) is 103 Å². The first-order valence-corrected chi connectivity index (χ1v) is 19.3. The second kappa shape index (κ2) is 10.5. The molecule has 0 spiro atoms. The van der Waals surface area contributed by atoms with E-state index in [-0.39, 0.29) is 28.5 Å². The molecule has 1 aromatic carbocycles. The summed E-state index contributed by atoms with van der Waals surface area (Å²) in [5.74, 6) is 1.12. The fourth-order valence-corrected chi connectivity index (χ4v) is 6.30. The summed E-state index contributed by atoms with van der Waals surface area (Å²) in [5, 5.41) is 0.210. The molecule has 8 nitrogen and oxygen atoms in total. The molecule has 0 radical (unpaired) electrons. The minimum atomic E-state index is -2.04. The molecule has 10 heteroatoms. The van der Waals surface area contributed by atoms with E-state index in [0.717, 1.165) is 0 Å². The lowest BCUT2D eigenvalue weighted by molar-refractivity contribution is -0.0383. The molecule has 4 rings (SSSR count). The van der Waals surface area contributed by atoms with Crippen LogP contribution in [0.2, 0.25) is 36.3 Å². The van der Waals surface area contributed by atoms with Crippen LogP contribution in [0.3, 0.4) is 0 Å². The minimum Gasteiger partial charge on any atom is -0.437 e. The van der Waals surface area contributed by atoms with Gasteiger partial charge in [-0.15, -0.1) is 0 Å². The third-order valence-electron chi connectivity index (χ3n) is 8.44. The van der Waals surface area contributed by atoms with Crippen LogP contribution in [0, 0.1) is 0 Å². The van der Waals surface area contributed by atoms with Crippen molar-refractivity contribution in [3.8, 4) is 11.6 Å². The average Bonchev–Trinajstić information content (AvgIpc) is 3.41. The van der Waals surface area contributed by atoms with Crippen LogP contribution in [0.15, 0.2) is 43.0 Å². The smallest absolute Gasteiger partial charge is 0.250 e. The zero-order chi connectivity index (χ0) is 27.9. The van der Waals surface area contributed by atoms with Crippen LogP contribution in [-0.2, 0) is 13.6 Å². The average molecular weight is 557 g/mol. The molecule has 3 atom stereocenters. The second-order valence-electron chi connectivity index (χ2n) is 13.3. The van der Waals surface area contributed by atoms with Crippen molar-refractivity contribution in [1.82, 2.24) is 19.5 Å². The second-order valence-corrected chi connectivity index (χ2v) is 22.8. The monoisotopic (exact) mass is 556 g/mol. The maximum Gasteiger partial charge on any atom is 0.250 e. The van der Waals surface area contributed by atoms with Crippen LogP contribution in [-0.4, -0.2) is 55.0 Å². The standard InChI is InChI=1S/C28H44N4O4Si2/c1-27(2,3)37(7,8)33-17-22-21(36-38(9,10)28(4,5)6)16-23(35-22)32-19-31-24-25(32)29-18-30-26(24)34-20-14-12-11-13-15-20/h11-15,18-19,21-23H,16-17H2,1-10H3/t21-,22+,23+/m0/s1. The Balaban J connectivity index is 1.61. The molecule has 0 amide bonds. The molecular formula is C28H44N4O4Si2. The molecule has 38 heavy (non-hydrogen) atoms. The summed E-state index contributed by atoms with van der Waals surface area (Å²) >= 11 is 0. The van der Waals surface area contributed by atoms with Gasteiger partial charge in [-0.1, -0.05) is 59.7 Å². The van der Waals surface area contributed by atoms with Gasteiger partial charge in [0.2, 0.25) is 0 Å². The number of nitrogens with zero attached hydrogens (tertiary/aromatic N) is 4. The van der Waals surface area contributed by atoms with Gasteiger partial charge in [0.25, 0.3) is 5.88 Å². The molecule has 2 aromatic heterocycles. The Hall–Kier alpha value is -2.12. The molecule has 3 aromatic rings. The largest absolute Gasteiger partial charge is 0.437 e. The lowest BCUT2D eigenvalue weighted by Gasteiger charge is -2.40. The van der Waals surface area contributed by atoms with Crippen LogP contribution >= 0.6 is 0 Å². The van der Waals surface area contributed by atoms with Gasteiger partial charge in [0.1, 0.15) is 24.4 Å². The van der Waals surface area contributed by atoms with Gasteiger partial charge in [0.05, 0.1) is 19.0 Å². The first-order valence-electron chi connectivity index (χ1n) is 13.5. The van der Waals surface area contributed by atoms with Gasteiger partial charge >= 0.3 is 0 Å². The highest BCUT2D eigenvalue weighted by Crippen LogP contribution is 2.43. The minimum absolute atomic E-state index is 0.0787. The topological polar surface area (TPSA) is 80.5 Å². The molecule has 0 N–H and O–H groups in total. The maximum absolute atomic E-state index is 6.93. The molecule has 208 valence electrons. The van der Waals surface area contributed by atoms with Gasteiger partial charge in [-0.25, -0.2) is 9.97 Å². The summed E-state index contributed by atoms with van der Waals surface area (Å²) in [7, 11) is -3.99. The summed E-state index contributed by atoms with van der Waals surface area (Å²) in [6.07, 6.45) is 3.44. The zero-order valence-electron chi connectivity index (χ0n) is 24.6. The van der Waals surface area contributed by atoms with E-state index < -0.39 is 16.6 Å². The van der Waals surface area contributed by atoms with Gasteiger partial charge in [0, 0.05) is 6.42 Å². The third kappa shape index (κ3) is 6.04. The number of aromatic nitrogens is 4. The Labute approximate surface area is 229 Å². The summed E-state index contributed by atoms with van der Waals surface area (Å²) in [5.41, 5.74) is 1.27. The van der Waals surface area contributed by atoms with Crippen LogP contribution in [0.25, 0.3) is 11.2 Å². The van der Waals surface area contributed by atoms with Gasteiger partial charge < -0.3 is 18.3 Å². The SMILES string of the molecule is CC(C)(C)[Si](C)(C)OC[C@H]1O[C@@H](n2cnc3c(Oc4ccccc4)ncnc32)C[C@@H]1O[Si](C)(C)C(C)(C)C. The lowest BCUT2D eigenvalue weighted by atomic mass is 10.2. The van der Waals surface area contributed by atoms with Crippen LogP contribution in [0.5, 0.6) is 11.6 Å². The molecule has 0 aliphatic carbocycles. The summed E-state index contributed by atoms with van der Waals surface area (Å²) < 4.78 is 28.2. The Morgan fingerprint density at radius 3 is 2.21 bits per heavy atom. The van der Waals surface area contributed by atoms with E-state index in [1.54, 1.807) is 6.33 Å². The molecule has 0 bridgehead atoms. The quantitative estimate of drug-likeness (QED) is 0.269. The molecule has 1 fully saturated rings. The van der Waals surface area contributed by atoms with Crippen molar-refractivity contribution < 1.29 is 18.3 Å². The number of imidazole rings is 1. The van der Waals surface area contributed by atoms with Crippen molar-refractivity contribution in [1.29, 1.82) is 0 Å². The molecule has 1 aliphatic rings. The van der Waals surface area contributed by atoms with Gasteiger partial charge in [-0.2, -0.15) is 4.98 Å². The van der Waals surface area contributed by atoms with Crippen molar-refractivity contribution >= 4 is 27.8 Å². The van der Waals surface area contributed by atoms with Gasteiger partial charge in [-0.3, -0.25) is 4.57 Å². The van der Waals surface area contributed by atoms with Crippen molar-refractivity contribution in [3.63, 3.8) is 0 Å². The van der Waals surface area contributed by atoms with E-state index in [1.807, 2.05) is 34.9 Å². The number of fused-ring (bicyclic) bond motifs is 1. The van der Waals surface area contributed by atoms with E-state index in [0.29, 0.717) is 35.8 Å². The van der Waals surface area contributed by atoms with Gasteiger partial charge in [0.15, 0.2) is 27.8 Å². The van der Waals surface area contributed by atoms with E-state index in [1.165, 1.54) is 6.33 Å². The fourth-order valence-electron chi connectivity index (χ4n) is 3.92. The summed E-state index contributed by atoms with van der Waals surface area (Å²) in [6.45, 7) is 23.2. The van der Waals surface area contributed by atoms with E-state index in [2.05, 4.69) is 82.7 Å². The highest BCUT2D eigenvalue weighted by molar-refractivity contribution is 6.74. The number of hydrogen-bond donors (Lipinski definition) is 0. The number of hydrogen-bond acceptors (Lipinski definition) is 7. The zero-order valence-corrected chi connectivity index (χ0v) is 26.6. The van der Waals surface area contributed by atoms with Gasteiger partial charge in [-0.05, 0) is 48.4 Å². The molecule has 3 heterocycles. The van der Waals surface area contributed by atoms with E-state index in [9.17, 15) is 0 Å². The fraction of sp³-hybridized carbons (Fsp3) is 0.607. The third-order valence-corrected chi connectivity index (χ3v) is 17.4. The van der Waals surface area contributed by atoms with Crippen molar-refractivity contribution in [2.24, 2.45) is 0 Å². The number of rotatable bonds is 8. The van der Waals surface area contributed by atoms with Crippen LogP contribution in [0.4, 0.5) is 0 Å². The Kier molecular flexibility index (Phi) is 7.95. The van der Waals surface area contributed by atoms with Crippen LogP contribution < -0.4 is 4.74 Å². The number of ether oxygens (including phenoxy) is 2. The van der Waals surface area contributed by atoms with E-state index in [4.69, 9.17) is 18.3 Å². The predicted molar refractivity (Wildman–Crippen MR) is 156 cm³/mol. The summed E-state index contributed by atoms with van der Waals surface area (Å²) in [6, 6.07) is 9.57. The summed E-state index contributed by atoms with van der Waals surface area (Å²) in [4.78, 5) is 13.5. The maximum atomic E-state index is 6.93. The molecule has 0 saturated carbocycles. The molecular weight excluding hydrogens is 513 g/mol. The Morgan fingerprint density at radius 1 is 0.921 bits per heavy atom. The molecule has 1 aliphatic heterocycles. The first-order chi connectivity index (χ1) is 17.6. The first kappa shape index (κ1) is 28.9. The van der Waals surface area contributed by atoms with Crippen molar-refractivity contribution in [3.05, 3.63) is 43.0 Å². The molecule has 0 unspecified atom stereocenters. The van der Waals surface area contributed by atoms with Crippen LogP contribution in [0.1, 0.15) is 54.2 Å². The Morgan fingerprint density at radius 2 is 1.58 bits per heavy atom. The predicted octanol–water partition coefficient (Wildman–Crippen LogP) is 7.32. The Bertz CT molecular complexity index is 1240. The van der Waals surface area contributed by atoms with E-state index >= 15 is 0 Å².